The van der Waals surface area contributed by atoms with Crippen LogP contribution in [0.1, 0.15) is 5.69 Å². The Labute approximate surface area is 114 Å². The van der Waals surface area contributed by atoms with Gasteiger partial charge in [0.1, 0.15) is 0 Å². The van der Waals surface area contributed by atoms with E-state index in [0.29, 0.717) is 11.5 Å². The van der Waals surface area contributed by atoms with Gasteiger partial charge in [-0.2, -0.15) is 18.3 Å². The van der Waals surface area contributed by atoms with Crippen LogP contribution >= 0.6 is 0 Å². The van der Waals surface area contributed by atoms with Gasteiger partial charge in [-0.1, -0.05) is 0 Å². The standard InChI is InChI=1S/C11H7F3N4O3/c12-11(13,14)9-8(10(19)18-17-9)16-15-5-1-2-6-7(3-5)21-4-20-6/h1-3H,4H2,(H2,17,18,19). The van der Waals surface area contributed by atoms with Crippen LogP contribution in [0.3, 0.4) is 0 Å². The highest BCUT2D eigenvalue weighted by Crippen LogP contribution is 2.36. The topological polar surface area (TPSA) is 91.8 Å². The smallest absolute Gasteiger partial charge is 0.435 e. The maximum absolute atomic E-state index is 12.6. The van der Waals surface area contributed by atoms with Crippen molar-refractivity contribution in [3.05, 3.63) is 34.2 Å². The Morgan fingerprint density at radius 2 is 1.86 bits per heavy atom. The van der Waals surface area contributed by atoms with Gasteiger partial charge in [0.15, 0.2) is 22.9 Å². The summed E-state index contributed by atoms with van der Waals surface area (Å²) >= 11 is 0. The number of rotatable bonds is 2. The molecule has 0 saturated heterocycles. The number of nitrogens with one attached hydrogen (secondary N) is 2. The third-order valence-electron chi connectivity index (χ3n) is 2.66. The molecule has 0 unspecified atom stereocenters. The first-order valence-corrected chi connectivity index (χ1v) is 5.64. The lowest BCUT2D eigenvalue weighted by atomic mass is 10.3. The molecule has 7 nitrogen and oxygen atoms in total. The summed E-state index contributed by atoms with van der Waals surface area (Å²) in [5.41, 5.74) is -2.89. The molecular weight excluding hydrogens is 293 g/mol. The molecule has 0 amide bonds. The number of aromatic amines is 2. The van der Waals surface area contributed by atoms with Crippen LogP contribution in [0.5, 0.6) is 11.5 Å². The maximum Gasteiger partial charge on any atom is 0.435 e. The molecule has 1 aliphatic rings. The number of fused-ring (bicyclic) bond motifs is 1. The highest BCUT2D eigenvalue weighted by Gasteiger charge is 2.37. The van der Waals surface area contributed by atoms with Crippen molar-refractivity contribution in [1.29, 1.82) is 0 Å². The maximum atomic E-state index is 12.6. The lowest BCUT2D eigenvalue weighted by molar-refractivity contribution is -0.140. The summed E-state index contributed by atoms with van der Waals surface area (Å²) in [6.45, 7) is 0.0611. The van der Waals surface area contributed by atoms with Crippen LogP contribution in [-0.4, -0.2) is 17.0 Å². The minimum atomic E-state index is -4.73. The van der Waals surface area contributed by atoms with Crippen molar-refractivity contribution in [1.82, 2.24) is 10.2 Å². The minimum absolute atomic E-state index is 0.0611. The Morgan fingerprint density at radius 1 is 1.10 bits per heavy atom. The summed E-state index contributed by atoms with van der Waals surface area (Å²) in [6.07, 6.45) is -4.73. The molecule has 0 atom stereocenters. The first-order valence-electron chi connectivity index (χ1n) is 5.64. The zero-order valence-corrected chi connectivity index (χ0v) is 10.2. The Hall–Kier alpha value is -2.78. The number of aromatic nitrogens is 2. The average molecular weight is 300 g/mol. The molecule has 2 aromatic rings. The number of nitrogens with zero attached hydrogens (tertiary/aromatic N) is 2. The van der Waals surface area contributed by atoms with Crippen LogP contribution in [0, 0.1) is 0 Å². The number of benzene rings is 1. The zero-order chi connectivity index (χ0) is 15.0. The largest absolute Gasteiger partial charge is 0.454 e. The normalized spacial score (nSPS) is 14.0. The predicted molar refractivity (Wildman–Crippen MR) is 63.2 cm³/mol. The van der Waals surface area contributed by atoms with Crippen LogP contribution in [0.2, 0.25) is 0 Å². The summed E-state index contributed by atoms with van der Waals surface area (Å²) in [4.78, 5) is 11.3. The van der Waals surface area contributed by atoms with Crippen molar-refractivity contribution in [3.8, 4) is 11.5 Å². The number of alkyl halides is 3. The van der Waals surface area contributed by atoms with Gasteiger partial charge in [0, 0.05) is 6.07 Å². The van der Waals surface area contributed by atoms with Crippen molar-refractivity contribution in [3.63, 3.8) is 0 Å². The summed E-state index contributed by atoms with van der Waals surface area (Å²) in [6, 6.07) is 4.47. The van der Waals surface area contributed by atoms with Crippen molar-refractivity contribution in [2.45, 2.75) is 6.18 Å². The third-order valence-corrected chi connectivity index (χ3v) is 2.66. The van der Waals surface area contributed by atoms with E-state index in [1.165, 1.54) is 12.1 Å². The second kappa shape index (κ2) is 4.65. The zero-order valence-electron chi connectivity index (χ0n) is 10.2. The molecule has 2 N–H and O–H groups in total. The Kier molecular flexibility index (Phi) is 2.92. The van der Waals surface area contributed by atoms with Gasteiger partial charge in [-0.25, -0.2) is 0 Å². The van der Waals surface area contributed by atoms with Crippen molar-refractivity contribution in [2.75, 3.05) is 6.79 Å². The summed E-state index contributed by atoms with van der Waals surface area (Å²) in [5.74, 6) is 0.912. The van der Waals surface area contributed by atoms with E-state index in [0.717, 1.165) is 0 Å². The number of ether oxygens (including phenoxy) is 2. The van der Waals surface area contributed by atoms with Crippen molar-refractivity contribution >= 4 is 11.4 Å². The monoisotopic (exact) mass is 300 g/mol. The van der Waals surface area contributed by atoms with Gasteiger partial charge < -0.3 is 9.47 Å². The molecule has 1 aromatic heterocycles. The molecule has 1 aromatic carbocycles. The lowest BCUT2D eigenvalue weighted by Gasteiger charge is -2.02. The molecule has 0 radical (unpaired) electrons. The van der Waals surface area contributed by atoms with E-state index in [1.54, 1.807) is 11.2 Å². The molecule has 0 aliphatic carbocycles. The minimum Gasteiger partial charge on any atom is -0.454 e. The van der Waals surface area contributed by atoms with Gasteiger partial charge in [0.05, 0.1) is 5.69 Å². The van der Waals surface area contributed by atoms with Gasteiger partial charge in [-0.3, -0.25) is 15.0 Å². The fraction of sp³-hybridized carbons (Fsp3) is 0.182. The lowest BCUT2D eigenvalue weighted by Crippen LogP contribution is -2.06. The van der Waals surface area contributed by atoms with E-state index in [-0.39, 0.29) is 12.5 Å². The van der Waals surface area contributed by atoms with Gasteiger partial charge >= 0.3 is 6.18 Å². The van der Waals surface area contributed by atoms with Gasteiger partial charge in [0.25, 0.3) is 5.56 Å². The number of azo groups is 1. The van der Waals surface area contributed by atoms with E-state index >= 15 is 0 Å². The van der Waals surface area contributed by atoms with E-state index < -0.39 is 23.1 Å². The molecule has 10 heteroatoms. The number of hydrogen-bond acceptors (Lipinski definition) is 5. The summed E-state index contributed by atoms with van der Waals surface area (Å²) in [7, 11) is 0. The second-order valence-electron chi connectivity index (χ2n) is 4.04. The first-order chi connectivity index (χ1) is 9.95. The van der Waals surface area contributed by atoms with Crippen LogP contribution in [0.25, 0.3) is 0 Å². The first kappa shape index (κ1) is 13.2. The van der Waals surface area contributed by atoms with Crippen molar-refractivity contribution < 1.29 is 22.6 Å². The highest BCUT2D eigenvalue weighted by molar-refractivity contribution is 5.52. The Balaban J connectivity index is 1.94. The molecule has 0 fully saturated rings. The Morgan fingerprint density at radius 3 is 2.62 bits per heavy atom. The number of H-pyrrole nitrogens is 2. The van der Waals surface area contributed by atoms with E-state index in [1.807, 2.05) is 5.10 Å². The van der Waals surface area contributed by atoms with Gasteiger partial charge in [-0.05, 0) is 12.1 Å². The van der Waals surface area contributed by atoms with E-state index in [2.05, 4.69) is 10.2 Å². The fourth-order valence-electron chi connectivity index (χ4n) is 1.71. The molecule has 2 heterocycles. The van der Waals surface area contributed by atoms with Crippen LogP contribution in [0.4, 0.5) is 24.5 Å². The molecular formula is C11H7F3N4O3. The van der Waals surface area contributed by atoms with E-state index in [4.69, 9.17) is 9.47 Å². The fourth-order valence-corrected chi connectivity index (χ4v) is 1.71. The highest BCUT2D eigenvalue weighted by atomic mass is 19.4. The third kappa shape index (κ3) is 2.47. The summed E-state index contributed by atoms with van der Waals surface area (Å²) in [5, 5.41) is 10.5. The van der Waals surface area contributed by atoms with Crippen LogP contribution in [-0.2, 0) is 6.18 Å². The molecule has 21 heavy (non-hydrogen) atoms. The SMILES string of the molecule is O=c1[nH][nH]c(C(F)(F)F)c1N=Nc1ccc2c(c1)OCO2. The van der Waals surface area contributed by atoms with Crippen molar-refractivity contribution in [2.24, 2.45) is 10.2 Å². The van der Waals surface area contributed by atoms with Crippen LogP contribution < -0.4 is 15.0 Å². The molecule has 3 rings (SSSR count). The Bertz CT molecular complexity index is 763. The van der Waals surface area contributed by atoms with E-state index in [9.17, 15) is 18.0 Å². The predicted octanol–water partition coefficient (Wildman–Crippen LogP) is 2.87. The quantitative estimate of drug-likeness (QED) is 0.835. The van der Waals surface area contributed by atoms with Crippen LogP contribution in [0.15, 0.2) is 33.2 Å². The number of halogens is 3. The summed E-state index contributed by atoms with van der Waals surface area (Å²) < 4.78 is 48.1. The number of hydrogen-bond donors (Lipinski definition) is 2. The second-order valence-corrected chi connectivity index (χ2v) is 4.04. The molecule has 110 valence electrons. The molecule has 1 aliphatic heterocycles. The van der Waals surface area contributed by atoms with Gasteiger partial charge in [0.2, 0.25) is 6.79 Å². The molecule has 0 bridgehead atoms. The molecule has 0 saturated carbocycles. The average Bonchev–Trinajstić information content (AvgIpc) is 3.01. The van der Waals surface area contributed by atoms with Gasteiger partial charge in [-0.15, -0.1) is 5.11 Å². The molecule has 0 spiro atoms.